The van der Waals surface area contributed by atoms with Crippen LogP contribution in [0.15, 0.2) is 21.9 Å². The molecule has 0 radical (unpaired) electrons. The molecule has 104 valence electrons. The van der Waals surface area contributed by atoms with Gasteiger partial charge in [0.25, 0.3) is 0 Å². The maximum absolute atomic E-state index is 9.65. The Kier molecular flexibility index (Phi) is 5.20. The molecule has 2 N–H and O–H groups in total. The van der Waals surface area contributed by atoms with Crippen molar-refractivity contribution in [2.45, 2.75) is 30.2 Å². The van der Waals surface area contributed by atoms with E-state index in [-0.39, 0.29) is 0 Å². The summed E-state index contributed by atoms with van der Waals surface area (Å²) in [5.74, 6) is 0.622. The van der Waals surface area contributed by atoms with Gasteiger partial charge in [-0.15, -0.1) is 21.5 Å². The smallest absolute Gasteiger partial charge is 0.206 e. The molecule has 2 rings (SSSR count). The van der Waals surface area contributed by atoms with Gasteiger partial charge >= 0.3 is 0 Å². The van der Waals surface area contributed by atoms with E-state index < -0.39 is 5.60 Å². The third kappa shape index (κ3) is 5.48. The van der Waals surface area contributed by atoms with Gasteiger partial charge in [-0.1, -0.05) is 29.2 Å². The van der Waals surface area contributed by atoms with Gasteiger partial charge < -0.3 is 10.4 Å². The molecule has 2 aromatic rings. The Morgan fingerprint density at radius 3 is 2.95 bits per heavy atom. The Morgan fingerprint density at radius 2 is 2.26 bits per heavy atom. The Bertz CT molecular complexity index is 491. The predicted molar refractivity (Wildman–Crippen MR) is 83.4 cm³/mol. The van der Waals surface area contributed by atoms with Gasteiger partial charge in [0, 0.05) is 17.2 Å². The van der Waals surface area contributed by atoms with Crippen LogP contribution in [0.3, 0.4) is 0 Å². The van der Waals surface area contributed by atoms with Gasteiger partial charge in [0.1, 0.15) is 0 Å². The Hall–Kier alpha value is -0.630. The number of anilines is 1. The first-order valence-electron chi connectivity index (χ1n) is 5.98. The summed E-state index contributed by atoms with van der Waals surface area (Å²) in [7, 11) is 0. The summed E-state index contributed by atoms with van der Waals surface area (Å²) in [6.07, 6.45) is 1.00. The van der Waals surface area contributed by atoms with E-state index in [1.54, 1.807) is 25.2 Å². The molecule has 0 aliphatic carbocycles. The molecule has 4 nitrogen and oxygen atoms in total. The van der Waals surface area contributed by atoms with E-state index in [1.807, 2.05) is 0 Å². The van der Waals surface area contributed by atoms with Crippen LogP contribution < -0.4 is 5.32 Å². The van der Waals surface area contributed by atoms with Gasteiger partial charge in [-0.2, -0.15) is 0 Å². The van der Waals surface area contributed by atoms with E-state index in [9.17, 15) is 5.11 Å². The number of thiophene rings is 1. The lowest BCUT2D eigenvalue weighted by Gasteiger charge is -2.14. The van der Waals surface area contributed by atoms with Crippen molar-refractivity contribution in [1.29, 1.82) is 0 Å². The summed E-state index contributed by atoms with van der Waals surface area (Å²) in [5, 5.41) is 24.1. The van der Waals surface area contributed by atoms with E-state index in [1.165, 1.54) is 28.0 Å². The Labute approximate surface area is 125 Å². The van der Waals surface area contributed by atoms with Crippen LogP contribution in [0.25, 0.3) is 0 Å². The van der Waals surface area contributed by atoms with Crippen LogP contribution in [0.5, 0.6) is 0 Å². The number of aromatic nitrogens is 2. The maximum Gasteiger partial charge on any atom is 0.206 e. The van der Waals surface area contributed by atoms with Crippen LogP contribution in [0, 0.1) is 0 Å². The van der Waals surface area contributed by atoms with Gasteiger partial charge in [0.05, 0.1) is 5.60 Å². The van der Waals surface area contributed by atoms with E-state index in [2.05, 4.69) is 33.0 Å². The molecule has 0 spiro atoms. The SMILES string of the molecule is CC(C)(O)CSc1nnc(NCCc2cccs2)s1. The predicted octanol–water partition coefficient (Wildman–Crippen LogP) is 3.12. The minimum absolute atomic E-state index is 0.622. The van der Waals surface area contributed by atoms with E-state index >= 15 is 0 Å². The summed E-state index contributed by atoms with van der Waals surface area (Å²) >= 11 is 4.84. The highest BCUT2D eigenvalue weighted by molar-refractivity contribution is 8.01. The molecule has 2 aromatic heterocycles. The Morgan fingerprint density at radius 1 is 1.42 bits per heavy atom. The molecule has 0 aliphatic rings. The molecule has 19 heavy (non-hydrogen) atoms. The minimum Gasteiger partial charge on any atom is -0.390 e. The fourth-order valence-electron chi connectivity index (χ4n) is 1.33. The van der Waals surface area contributed by atoms with Crippen molar-refractivity contribution < 1.29 is 5.11 Å². The molecule has 0 saturated heterocycles. The van der Waals surface area contributed by atoms with Crippen LogP contribution in [-0.4, -0.2) is 33.2 Å². The highest BCUT2D eigenvalue weighted by Crippen LogP contribution is 2.27. The lowest BCUT2D eigenvalue weighted by molar-refractivity contribution is 0.107. The first-order chi connectivity index (χ1) is 9.03. The first-order valence-corrected chi connectivity index (χ1v) is 8.66. The van der Waals surface area contributed by atoms with Crippen LogP contribution >= 0.6 is 34.4 Å². The van der Waals surface area contributed by atoms with Gasteiger partial charge in [-0.3, -0.25) is 0 Å². The zero-order valence-corrected chi connectivity index (χ0v) is 13.4. The molecule has 0 unspecified atom stereocenters. The fraction of sp³-hybridized carbons (Fsp3) is 0.500. The van der Waals surface area contributed by atoms with Crippen molar-refractivity contribution >= 4 is 39.6 Å². The van der Waals surface area contributed by atoms with Crippen molar-refractivity contribution in [1.82, 2.24) is 10.2 Å². The average molecular weight is 315 g/mol. The molecule has 0 saturated carbocycles. The third-order valence-electron chi connectivity index (χ3n) is 2.18. The van der Waals surface area contributed by atoms with Crippen molar-refractivity contribution in [3.63, 3.8) is 0 Å². The first kappa shape index (κ1) is 14.8. The lowest BCUT2D eigenvalue weighted by Crippen LogP contribution is -2.21. The number of nitrogens with one attached hydrogen (secondary N) is 1. The van der Waals surface area contributed by atoms with Crippen molar-refractivity contribution in [3.8, 4) is 0 Å². The second-order valence-corrected chi connectivity index (χ2v) is 7.96. The molecular weight excluding hydrogens is 298 g/mol. The van der Waals surface area contributed by atoms with E-state index in [4.69, 9.17) is 0 Å². The van der Waals surface area contributed by atoms with Gasteiger partial charge in [0.2, 0.25) is 5.13 Å². The highest BCUT2D eigenvalue weighted by atomic mass is 32.2. The van der Waals surface area contributed by atoms with Crippen LogP contribution in [0.2, 0.25) is 0 Å². The van der Waals surface area contributed by atoms with Crippen LogP contribution in [0.1, 0.15) is 18.7 Å². The summed E-state index contributed by atoms with van der Waals surface area (Å²) in [4.78, 5) is 1.37. The summed E-state index contributed by atoms with van der Waals surface area (Å²) in [6.45, 7) is 4.45. The number of rotatable bonds is 7. The number of hydrogen-bond acceptors (Lipinski definition) is 7. The second-order valence-electron chi connectivity index (χ2n) is 4.73. The third-order valence-corrected chi connectivity index (χ3v) is 5.58. The monoisotopic (exact) mass is 315 g/mol. The molecular formula is C12H17N3OS3. The highest BCUT2D eigenvalue weighted by Gasteiger charge is 2.14. The van der Waals surface area contributed by atoms with Crippen LogP contribution in [0.4, 0.5) is 5.13 Å². The zero-order chi connectivity index (χ0) is 13.7. The molecule has 0 aliphatic heterocycles. The molecule has 2 heterocycles. The number of thioether (sulfide) groups is 1. The van der Waals surface area contributed by atoms with Crippen molar-refractivity contribution in [2.24, 2.45) is 0 Å². The summed E-state index contributed by atoms with van der Waals surface area (Å²) in [5.41, 5.74) is -0.677. The van der Waals surface area contributed by atoms with Crippen molar-refractivity contribution in [2.75, 3.05) is 17.6 Å². The average Bonchev–Trinajstić information content (AvgIpc) is 2.97. The standard InChI is InChI=1S/C12H17N3OS3/c1-12(2,16)8-18-11-15-14-10(19-11)13-6-5-9-4-3-7-17-9/h3-4,7,16H,5-6,8H2,1-2H3,(H,13,14). The Balaban J connectivity index is 1.74. The quantitative estimate of drug-likeness (QED) is 0.769. The molecule has 0 amide bonds. The van der Waals surface area contributed by atoms with E-state index in [0.717, 1.165) is 22.4 Å². The summed E-state index contributed by atoms with van der Waals surface area (Å²) < 4.78 is 0.890. The van der Waals surface area contributed by atoms with Gasteiger partial charge in [-0.25, -0.2) is 0 Å². The van der Waals surface area contributed by atoms with Crippen LogP contribution in [-0.2, 0) is 6.42 Å². The fourth-order valence-corrected chi connectivity index (χ4v) is 3.76. The largest absolute Gasteiger partial charge is 0.390 e. The second kappa shape index (κ2) is 6.69. The number of aliphatic hydroxyl groups is 1. The molecule has 0 fully saturated rings. The summed E-state index contributed by atoms with van der Waals surface area (Å²) in [6, 6.07) is 4.20. The molecule has 0 aromatic carbocycles. The topological polar surface area (TPSA) is 58.0 Å². The number of hydrogen-bond donors (Lipinski definition) is 2. The maximum atomic E-state index is 9.65. The zero-order valence-electron chi connectivity index (χ0n) is 10.9. The molecule has 7 heteroatoms. The van der Waals surface area contributed by atoms with E-state index in [0.29, 0.717) is 5.75 Å². The normalized spacial score (nSPS) is 11.7. The molecule has 0 bridgehead atoms. The van der Waals surface area contributed by atoms with Gasteiger partial charge in [0.15, 0.2) is 4.34 Å². The minimum atomic E-state index is -0.677. The lowest BCUT2D eigenvalue weighted by atomic mass is 10.2. The molecule has 0 atom stereocenters. The number of nitrogens with zero attached hydrogens (tertiary/aromatic N) is 2. The van der Waals surface area contributed by atoms with Gasteiger partial charge in [-0.05, 0) is 31.7 Å². The van der Waals surface area contributed by atoms with Crippen molar-refractivity contribution in [3.05, 3.63) is 22.4 Å².